The van der Waals surface area contributed by atoms with E-state index in [0.29, 0.717) is 6.42 Å². The van der Waals surface area contributed by atoms with E-state index in [4.69, 9.17) is 0 Å². The molecule has 0 radical (unpaired) electrons. The van der Waals surface area contributed by atoms with Crippen molar-refractivity contribution in [3.05, 3.63) is 60.8 Å². The molecule has 0 heterocycles. The van der Waals surface area contributed by atoms with Gasteiger partial charge in [0.05, 0.1) is 18.8 Å². The molecule has 0 fully saturated rings. The van der Waals surface area contributed by atoms with Crippen molar-refractivity contribution in [2.24, 2.45) is 0 Å². The molecule has 2 unspecified atom stereocenters. The van der Waals surface area contributed by atoms with Crippen LogP contribution >= 0.6 is 0 Å². The molecular weight excluding hydrogens is 590 g/mol. The van der Waals surface area contributed by atoms with Gasteiger partial charge in [-0.3, -0.25) is 4.79 Å². The SMILES string of the molecule is C/C=C/CC/C=C/CC/C=C/C(O)C(CO)NC(=O)CCCCCCCCCCCCC/C=C\C/C=C\CCCCCCCCCCC. The fourth-order valence-electron chi connectivity index (χ4n) is 5.89. The number of nitrogens with one attached hydrogen (secondary N) is 1. The molecule has 0 aliphatic rings. The second-order valence-electron chi connectivity index (χ2n) is 13.7. The molecule has 0 aromatic heterocycles. The smallest absolute Gasteiger partial charge is 0.220 e. The third kappa shape index (κ3) is 35.4. The summed E-state index contributed by atoms with van der Waals surface area (Å²) >= 11 is 0. The highest BCUT2D eigenvalue weighted by Crippen LogP contribution is 2.14. The molecule has 0 rings (SSSR count). The summed E-state index contributed by atoms with van der Waals surface area (Å²) in [6.45, 7) is 4.05. The summed E-state index contributed by atoms with van der Waals surface area (Å²) in [6, 6.07) is -0.645. The minimum atomic E-state index is -0.870. The summed E-state index contributed by atoms with van der Waals surface area (Å²) < 4.78 is 0. The Labute approximate surface area is 298 Å². The van der Waals surface area contributed by atoms with Crippen molar-refractivity contribution >= 4 is 5.91 Å². The molecule has 3 N–H and O–H groups in total. The van der Waals surface area contributed by atoms with E-state index in [2.05, 4.69) is 60.8 Å². The average molecular weight is 670 g/mol. The second-order valence-corrected chi connectivity index (χ2v) is 13.7. The van der Waals surface area contributed by atoms with Crippen LogP contribution in [0.2, 0.25) is 0 Å². The van der Waals surface area contributed by atoms with Crippen LogP contribution in [0.15, 0.2) is 60.8 Å². The first-order valence-electron chi connectivity index (χ1n) is 20.5. The van der Waals surface area contributed by atoms with Gasteiger partial charge in [-0.05, 0) is 71.1 Å². The normalized spacial score (nSPS) is 13.7. The van der Waals surface area contributed by atoms with E-state index in [1.54, 1.807) is 6.08 Å². The molecule has 4 nitrogen and oxygen atoms in total. The Morgan fingerprint density at radius 1 is 0.542 bits per heavy atom. The van der Waals surface area contributed by atoms with E-state index in [9.17, 15) is 15.0 Å². The number of unbranched alkanes of at least 4 members (excludes halogenated alkanes) is 22. The van der Waals surface area contributed by atoms with Crippen LogP contribution in [-0.2, 0) is 4.79 Å². The van der Waals surface area contributed by atoms with Crippen molar-refractivity contribution in [3.8, 4) is 0 Å². The van der Waals surface area contributed by atoms with E-state index in [1.165, 1.54) is 128 Å². The summed E-state index contributed by atoms with van der Waals surface area (Å²) in [5.41, 5.74) is 0. The molecule has 4 heteroatoms. The number of amides is 1. The molecule has 0 aromatic carbocycles. The fourth-order valence-corrected chi connectivity index (χ4v) is 5.89. The lowest BCUT2D eigenvalue weighted by Gasteiger charge is -2.19. The number of aliphatic hydroxyl groups is 2. The number of hydrogen-bond acceptors (Lipinski definition) is 3. The van der Waals surface area contributed by atoms with Gasteiger partial charge in [0.2, 0.25) is 5.91 Å². The predicted octanol–water partition coefficient (Wildman–Crippen LogP) is 12.6. The minimum absolute atomic E-state index is 0.0857. The number of rotatable bonds is 36. The first-order chi connectivity index (χ1) is 23.7. The molecular formula is C44H79NO3. The van der Waals surface area contributed by atoms with Crippen molar-refractivity contribution in [1.82, 2.24) is 5.32 Å². The summed E-state index contributed by atoms with van der Waals surface area (Å²) in [5, 5.41) is 22.8. The lowest BCUT2D eigenvalue weighted by molar-refractivity contribution is -0.123. The van der Waals surface area contributed by atoms with E-state index in [0.717, 1.165) is 44.9 Å². The van der Waals surface area contributed by atoms with E-state index < -0.39 is 12.1 Å². The van der Waals surface area contributed by atoms with Crippen LogP contribution in [0.5, 0.6) is 0 Å². The summed E-state index contributed by atoms with van der Waals surface area (Å²) in [4.78, 5) is 12.3. The number of carbonyl (C=O) groups excluding carboxylic acids is 1. The van der Waals surface area contributed by atoms with Gasteiger partial charge in [-0.25, -0.2) is 0 Å². The molecule has 48 heavy (non-hydrogen) atoms. The van der Waals surface area contributed by atoms with Crippen LogP contribution in [-0.4, -0.2) is 34.9 Å². The highest BCUT2D eigenvalue weighted by atomic mass is 16.3. The van der Waals surface area contributed by atoms with Crippen LogP contribution in [0.25, 0.3) is 0 Å². The maximum atomic E-state index is 12.3. The van der Waals surface area contributed by atoms with Crippen molar-refractivity contribution < 1.29 is 15.0 Å². The summed E-state index contributed by atoms with van der Waals surface area (Å²) in [7, 11) is 0. The van der Waals surface area contributed by atoms with Crippen molar-refractivity contribution in [3.63, 3.8) is 0 Å². The molecule has 0 saturated carbocycles. The zero-order valence-electron chi connectivity index (χ0n) is 31.7. The third-order valence-electron chi connectivity index (χ3n) is 9.05. The molecule has 0 aliphatic heterocycles. The van der Waals surface area contributed by atoms with Crippen LogP contribution in [0, 0.1) is 0 Å². The van der Waals surface area contributed by atoms with Crippen molar-refractivity contribution in [2.75, 3.05) is 6.61 Å². The van der Waals surface area contributed by atoms with Crippen LogP contribution in [0.3, 0.4) is 0 Å². The van der Waals surface area contributed by atoms with Gasteiger partial charge in [0, 0.05) is 6.42 Å². The molecule has 0 spiro atoms. The number of carbonyl (C=O) groups is 1. The van der Waals surface area contributed by atoms with E-state index in [1.807, 2.05) is 13.0 Å². The first kappa shape index (κ1) is 46.1. The van der Waals surface area contributed by atoms with Crippen LogP contribution in [0.1, 0.15) is 194 Å². The molecule has 278 valence electrons. The molecule has 0 saturated heterocycles. The van der Waals surface area contributed by atoms with Crippen LogP contribution in [0.4, 0.5) is 0 Å². The van der Waals surface area contributed by atoms with Crippen molar-refractivity contribution in [2.45, 2.75) is 206 Å². The van der Waals surface area contributed by atoms with E-state index in [-0.39, 0.29) is 12.5 Å². The summed E-state index contributed by atoms with van der Waals surface area (Å²) in [5.74, 6) is -0.0857. The second kappa shape index (κ2) is 39.5. The highest BCUT2D eigenvalue weighted by Gasteiger charge is 2.17. The maximum Gasteiger partial charge on any atom is 0.220 e. The quantitative estimate of drug-likeness (QED) is 0.0459. The van der Waals surface area contributed by atoms with Gasteiger partial charge in [-0.1, -0.05) is 177 Å². The Bertz CT molecular complexity index is 812. The first-order valence-corrected chi connectivity index (χ1v) is 20.5. The zero-order valence-corrected chi connectivity index (χ0v) is 31.7. The predicted molar refractivity (Wildman–Crippen MR) is 211 cm³/mol. The lowest BCUT2D eigenvalue weighted by atomic mass is 10.0. The lowest BCUT2D eigenvalue weighted by Crippen LogP contribution is -2.45. The van der Waals surface area contributed by atoms with E-state index >= 15 is 0 Å². The van der Waals surface area contributed by atoms with Gasteiger partial charge >= 0.3 is 0 Å². The van der Waals surface area contributed by atoms with Gasteiger partial charge in [0.1, 0.15) is 0 Å². The monoisotopic (exact) mass is 670 g/mol. The highest BCUT2D eigenvalue weighted by molar-refractivity contribution is 5.76. The van der Waals surface area contributed by atoms with Gasteiger partial charge < -0.3 is 15.5 Å². The molecule has 0 aliphatic carbocycles. The Hall–Kier alpha value is -1.91. The fraction of sp³-hybridized carbons (Fsp3) is 0.750. The Kier molecular flexibility index (Phi) is 38.0. The van der Waals surface area contributed by atoms with Gasteiger partial charge in [-0.15, -0.1) is 0 Å². The van der Waals surface area contributed by atoms with Gasteiger partial charge in [0.25, 0.3) is 0 Å². The Balaban J connectivity index is 3.53. The third-order valence-corrected chi connectivity index (χ3v) is 9.05. The topological polar surface area (TPSA) is 69.6 Å². The number of aliphatic hydroxyl groups excluding tert-OH is 2. The average Bonchev–Trinajstić information content (AvgIpc) is 3.09. The Morgan fingerprint density at radius 2 is 0.958 bits per heavy atom. The zero-order chi connectivity index (χ0) is 35.0. The van der Waals surface area contributed by atoms with Crippen LogP contribution < -0.4 is 5.32 Å². The molecule has 0 bridgehead atoms. The van der Waals surface area contributed by atoms with Gasteiger partial charge in [0.15, 0.2) is 0 Å². The molecule has 1 amide bonds. The summed E-state index contributed by atoms with van der Waals surface area (Å²) in [6.07, 6.45) is 54.9. The minimum Gasteiger partial charge on any atom is -0.394 e. The molecule has 0 aromatic rings. The number of allylic oxidation sites excluding steroid dienone is 9. The molecule has 2 atom stereocenters. The largest absolute Gasteiger partial charge is 0.394 e. The standard InChI is InChI=1S/C44H79NO3/c1-3-5-7-9-11-13-14-15-16-17-18-19-20-21-22-23-24-25-26-27-28-29-30-32-34-36-38-40-44(48)45-42(41-46)43(47)39-37-35-33-31-12-10-8-6-4-2/h4,6,12,18-19,21-22,31,37,39,42-43,46-47H,3,5,7-11,13-17,20,23-30,32-36,38,40-41H2,1-2H3,(H,45,48)/b6-4+,19-18-,22-21-,31-12+,39-37+. The van der Waals surface area contributed by atoms with Crippen molar-refractivity contribution in [1.29, 1.82) is 0 Å². The maximum absolute atomic E-state index is 12.3. The Morgan fingerprint density at radius 3 is 1.44 bits per heavy atom. The van der Waals surface area contributed by atoms with Gasteiger partial charge in [-0.2, -0.15) is 0 Å². The number of hydrogen-bond donors (Lipinski definition) is 3.